The minimum Gasteiger partial charge on any atom is -0.464 e. The summed E-state index contributed by atoms with van der Waals surface area (Å²) in [6.07, 6.45) is 7.38. The van der Waals surface area contributed by atoms with E-state index >= 15 is 0 Å². The largest absolute Gasteiger partial charge is 0.464 e. The molecule has 5 rings (SSSR count). The van der Waals surface area contributed by atoms with E-state index in [0.717, 1.165) is 47.7 Å². The Hall–Kier alpha value is -3.80. The molecule has 2 amide bonds. The van der Waals surface area contributed by atoms with E-state index in [2.05, 4.69) is 10.3 Å². The molecule has 1 aliphatic rings. The van der Waals surface area contributed by atoms with Crippen molar-refractivity contribution in [1.29, 1.82) is 0 Å². The standard InChI is InChI=1S/C30H33N3O3/c1-20-10-6-9-15-26(20)33(28(34)18-22-19-31-25-14-8-7-13-24(22)25)29(27-17-16-21(2)36-27)30(35)32-23-11-4-3-5-12-23/h6-10,13-17,19,23,29,31H,3-5,11-12,18H2,1-2H3,(H,32,35)/t29-/m1/s1. The number of carbonyl (C=O) groups excluding carboxylic acids is 2. The molecule has 6 nitrogen and oxygen atoms in total. The molecule has 36 heavy (non-hydrogen) atoms. The lowest BCUT2D eigenvalue weighted by Gasteiger charge is -2.33. The number of rotatable bonds is 7. The van der Waals surface area contributed by atoms with E-state index in [1.807, 2.05) is 80.7 Å². The summed E-state index contributed by atoms with van der Waals surface area (Å²) in [6, 6.07) is 18.5. The average molecular weight is 484 g/mol. The van der Waals surface area contributed by atoms with Crippen molar-refractivity contribution in [3.63, 3.8) is 0 Å². The average Bonchev–Trinajstić information content (AvgIpc) is 3.49. The lowest BCUT2D eigenvalue weighted by atomic mass is 9.95. The van der Waals surface area contributed by atoms with Gasteiger partial charge < -0.3 is 14.7 Å². The molecule has 2 N–H and O–H groups in total. The smallest absolute Gasteiger partial charge is 0.251 e. The van der Waals surface area contributed by atoms with Crippen molar-refractivity contribution in [3.05, 3.63) is 89.5 Å². The highest BCUT2D eigenvalue weighted by atomic mass is 16.3. The van der Waals surface area contributed by atoms with E-state index in [1.54, 1.807) is 4.90 Å². The maximum atomic E-state index is 14.1. The molecule has 4 aromatic rings. The van der Waals surface area contributed by atoms with Crippen LogP contribution in [0.25, 0.3) is 10.9 Å². The Morgan fingerprint density at radius 2 is 1.75 bits per heavy atom. The van der Waals surface area contributed by atoms with Crippen LogP contribution < -0.4 is 10.2 Å². The SMILES string of the molecule is Cc1ccc([C@H](C(=O)NC2CCCCC2)N(C(=O)Cc2c[nH]c3ccccc23)c2ccccc2C)o1. The highest BCUT2D eigenvalue weighted by Gasteiger charge is 2.37. The zero-order valence-corrected chi connectivity index (χ0v) is 20.9. The van der Waals surface area contributed by atoms with Crippen molar-refractivity contribution in [2.24, 2.45) is 0 Å². The number of benzene rings is 2. The van der Waals surface area contributed by atoms with Gasteiger partial charge in [-0.2, -0.15) is 0 Å². The number of aromatic amines is 1. The van der Waals surface area contributed by atoms with E-state index in [1.165, 1.54) is 6.42 Å². The normalized spacial score (nSPS) is 15.1. The van der Waals surface area contributed by atoms with Gasteiger partial charge in [-0.1, -0.05) is 55.7 Å². The van der Waals surface area contributed by atoms with Crippen molar-refractivity contribution < 1.29 is 14.0 Å². The van der Waals surface area contributed by atoms with E-state index in [0.29, 0.717) is 17.2 Å². The van der Waals surface area contributed by atoms with Gasteiger partial charge >= 0.3 is 0 Å². The number of hydrogen-bond acceptors (Lipinski definition) is 3. The van der Waals surface area contributed by atoms with Crippen molar-refractivity contribution in [2.75, 3.05) is 4.90 Å². The summed E-state index contributed by atoms with van der Waals surface area (Å²) in [5, 5.41) is 4.25. The molecular weight excluding hydrogens is 450 g/mol. The molecule has 0 aliphatic heterocycles. The molecule has 0 saturated heterocycles. The van der Waals surface area contributed by atoms with Gasteiger partial charge in [-0.15, -0.1) is 0 Å². The third-order valence-corrected chi connectivity index (χ3v) is 7.15. The number of aromatic nitrogens is 1. The Kier molecular flexibility index (Phi) is 6.94. The first kappa shape index (κ1) is 23.9. The van der Waals surface area contributed by atoms with Gasteiger partial charge in [0.25, 0.3) is 5.91 Å². The molecular formula is C30H33N3O3. The van der Waals surface area contributed by atoms with Crippen molar-refractivity contribution in [2.45, 2.75) is 64.5 Å². The second kappa shape index (κ2) is 10.4. The zero-order valence-electron chi connectivity index (χ0n) is 20.9. The number of carbonyl (C=O) groups is 2. The molecule has 0 unspecified atom stereocenters. The van der Waals surface area contributed by atoms with E-state index in [9.17, 15) is 9.59 Å². The summed E-state index contributed by atoms with van der Waals surface area (Å²) >= 11 is 0. The maximum absolute atomic E-state index is 14.1. The fraction of sp³-hybridized carbons (Fsp3) is 0.333. The molecule has 0 bridgehead atoms. The minimum absolute atomic E-state index is 0.118. The van der Waals surface area contributed by atoms with Gasteiger partial charge in [-0.25, -0.2) is 0 Å². The quantitative estimate of drug-likeness (QED) is 0.331. The molecule has 1 saturated carbocycles. The number of fused-ring (bicyclic) bond motifs is 1. The summed E-state index contributed by atoms with van der Waals surface area (Å²) in [5.41, 5.74) is 3.51. The van der Waals surface area contributed by atoms with Gasteiger partial charge in [-0.05, 0) is 62.1 Å². The Balaban J connectivity index is 1.55. The highest BCUT2D eigenvalue weighted by molar-refractivity contribution is 6.03. The molecule has 2 aromatic heterocycles. The molecule has 6 heteroatoms. The fourth-order valence-corrected chi connectivity index (χ4v) is 5.28. The number of nitrogens with one attached hydrogen (secondary N) is 2. The van der Waals surface area contributed by atoms with E-state index < -0.39 is 6.04 Å². The van der Waals surface area contributed by atoms with E-state index in [4.69, 9.17) is 4.42 Å². The minimum atomic E-state index is -0.903. The Bertz CT molecular complexity index is 1360. The number of H-pyrrole nitrogens is 1. The molecule has 0 spiro atoms. The molecule has 2 heterocycles. The van der Waals surface area contributed by atoms with Crippen LogP contribution in [0.3, 0.4) is 0 Å². The number of anilines is 1. The second-order valence-electron chi connectivity index (χ2n) is 9.78. The third kappa shape index (κ3) is 4.94. The highest BCUT2D eigenvalue weighted by Crippen LogP contribution is 2.33. The van der Waals surface area contributed by atoms with Crippen molar-refractivity contribution in [3.8, 4) is 0 Å². The van der Waals surface area contributed by atoms with Crippen molar-refractivity contribution in [1.82, 2.24) is 10.3 Å². The number of aryl methyl sites for hydroxylation is 2. The number of furan rings is 1. The van der Waals surface area contributed by atoms with Crippen LogP contribution in [0, 0.1) is 13.8 Å². The van der Waals surface area contributed by atoms with Crippen LogP contribution in [0.15, 0.2) is 71.3 Å². The van der Waals surface area contributed by atoms with Crippen LogP contribution in [-0.2, 0) is 16.0 Å². The number of nitrogens with zero attached hydrogens (tertiary/aromatic N) is 1. The summed E-state index contributed by atoms with van der Waals surface area (Å²) in [6.45, 7) is 3.82. The Labute approximate surface area is 211 Å². The molecule has 1 atom stereocenters. The topological polar surface area (TPSA) is 78.3 Å². The number of amides is 2. The van der Waals surface area contributed by atoms with Gasteiger partial charge in [0.2, 0.25) is 5.91 Å². The molecule has 1 fully saturated rings. The van der Waals surface area contributed by atoms with Gasteiger partial charge in [-0.3, -0.25) is 14.5 Å². The molecule has 186 valence electrons. The first-order valence-electron chi connectivity index (χ1n) is 12.8. The summed E-state index contributed by atoms with van der Waals surface area (Å²) in [4.78, 5) is 32.9. The van der Waals surface area contributed by atoms with Crippen LogP contribution in [0.1, 0.15) is 60.8 Å². The van der Waals surface area contributed by atoms with Gasteiger partial charge in [0, 0.05) is 28.8 Å². The molecule has 1 aliphatic carbocycles. The molecule has 2 aromatic carbocycles. The Morgan fingerprint density at radius 3 is 2.50 bits per heavy atom. The van der Waals surface area contributed by atoms with E-state index in [-0.39, 0.29) is 24.3 Å². The van der Waals surface area contributed by atoms with Crippen LogP contribution in [0.4, 0.5) is 5.69 Å². The first-order chi connectivity index (χ1) is 17.5. The molecule has 0 radical (unpaired) electrons. The summed E-state index contributed by atoms with van der Waals surface area (Å²) < 4.78 is 5.99. The third-order valence-electron chi connectivity index (χ3n) is 7.15. The van der Waals surface area contributed by atoms with Crippen LogP contribution in [0.5, 0.6) is 0 Å². The predicted octanol–water partition coefficient (Wildman–Crippen LogP) is 6.14. The Morgan fingerprint density at radius 1 is 1.00 bits per heavy atom. The predicted molar refractivity (Wildman–Crippen MR) is 142 cm³/mol. The summed E-state index contributed by atoms with van der Waals surface area (Å²) in [7, 11) is 0. The second-order valence-corrected chi connectivity index (χ2v) is 9.78. The zero-order chi connectivity index (χ0) is 25.1. The number of hydrogen-bond donors (Lipinski definition) is 2. The monoisotopic (exact) mass is 483 g/mol. The van der Waals surface area contributed by atoms with Crippen molar-refractivity contribution >= 4 is 28.4 Å². The fourth-order valence-electron chi connectivity index (χ4n) is 5.28. The van der Waals surface area contributed by atoms with Crippen LogP contribution >= 0.6 is 0 Å². The number of para-hydroxylation sites is 2. The van der Waals surface area contributed by atoms with Crippen LogP contribution in [0.2, 0.25) is 0 Å². The first-order valence-corrected chi connectivity index (χ1v) is 12.8. The maximum Gasteiger partial charge on any atom is 0.251 e. The van der Waals surface area contributed by atoms with Gasteiger partial charge in [0.15, 0.2) is 6.04 Å². The lowest BCUT2D eigenvalue weighted by Crippen LogP contribution is -2.47. The van der Waals surface area contributed by atoms with Gasteiger partial charge in [0.05, 0.1) is 6.42 Å². The van der Waals surface area contributed by atoms with Gasteiger partial charge in [0.1, 0.15) is 11.5 Å². The van der Waals surface area contributed by atoms with Crippen LogP contribution in [-0.4, -0.2) is 22.8 Å². The lowest BCUT2D eigenvalue weighted by molar-refractivity contribution is -0.127. The summed E-state index contributed by atoms with van der Waals surface area (Å²) in [5.74, 6) is 0.810.